The highest BCUT2D eigenvalue weighted by molar-refractivity contribution is 6.32. The number of hydrogen-bond donors (Lipinski definition) is 1. The van der Waals surface area contributed by atoms with Gasteiger partial charge in [-0.15, -0.1) is 0 Å². The van der Waals surface area contributed by atoms with Crippen molar-refractivity contribution in [2.24, 2.45) is 5.92 Å². The van der Waals surface area contributed by atoms with Crippen LogP contribution >= 0.6 is 11.6 Å². The van der Waals surface area contributed by atoms with E-state index in [-0.39, 0.29) is 16.1 Å². The van der Waals surface area contributed by atoms with Crippen LogP contribution in [-0.4, -0.2) is 40.9 Å². The Labute approximate surface area is 124 Å². The third-order valence-electron chi connectivity index (χ3n) is 3.80. The Morgan fingerprint density at radius 1 is 1.50 bits per heavy atom. The molecule has 20 heavy (non-hydrogen) atoms. The molecule has 0 amide bonds. The first-order valence-electron chi connectivity index (χ1n) is 7.00. The molecule has 0 aliphatic heterocycles. The molecule has 0 aromatic carbocycles. The molecule has 0 unspecified atom stereocenters. The Kier molecular flexibility index (Phi) is 4.39. The van der Waals surface area contributed by atoms with Crippen molar-refractivity contribution < 1.29 is 0 Å². The van der Waals surface area contributed by atoms with Crippen LogP contribution in [0.2, 0.25) is 5.02 Å². The quantitative estimate of drug-likeness (QED) is 0.873. The second kappa shape index (κ2) is 5.74. The molecule has 5 nitrogen and oxygen atoms in total. The molecule has 0 spiro atoms. The molecule has 1 aromatic rings. The number of halogens is 1. The maximum absolute atomic E-state index is 12.2. The molecule has 0 atom stereocenters. The van der Waals surface area contributed by atoms with Crippen molar-refractivity contribution in [3.05, 3.63) is 21.6 Å². The van der Waals surface area contributed by atoms with Gasteiger partial charge >= 0.3 is 0 Å². The summed E-state index contributed by atoms with van der Waals surface area (Å²) in [6.07, 6.45) is 4.11. The summed E-state index contributed by atoms with van der Waals surface area (Å²) in [6, 6.07) is 0. The molecule has 0 bridgehead atoms. The van der Waals surface area contributed by atoms with Gasteiger partial charge in [0.25, 0.3) is 5.56 Å². The normalized spacial score (nSPS) is 15.7. The van der Waals surface area contributed by atoms with Gasteiger partial charge in [0, 0.05) is 12.1 Å². The highest BCUT2D eigenvalue weighted by Gasteiger charge is 2.38. The largest absolute Gasteiger partial charge is 0.377 e. The van der Waals surface area contributed by atoms with E-state index in [1.807, 2.05) is 19.0 Å². The third kappa shape index (κ3) is 3.52. The summed E-state index contributed by atoms with van der Waals surface area (Å²) in [5, 5.41) is 7.80. The molecule has 1 heterocycles. The van der Waals surface area contributed by atoms with Gasteiger partial charge in [-0.25, -0.2) is 4.68 Å². The zero-order valence-electron chi connectivity index (χ0n) is 12.6. The minimum Gasteiger partial charge on any atom is -0.377 e. The zero-order valence-corrected chi connectivity index (χ0v) is 13.4. The summed E-state index contributed by atoms with van der Waals surface area (Å²) < 4.78 is 1.41. The van der Waals surface area contributed by atoms with Crippen LogP contribution in [-0.2, 0) is 6.54 Å². The standard InChI is InChI=1S/C14H23ClN4O/c1-14(2,10-5-6-10)17-11-9-16-19(8-7-18(3)4)13(20)12(11)15/h9-10,17H,5-8H2,1-4H3. The first kappa shape index (κ1) is 15.3. The van der Waals surface area contributed by atoms with Gasteiger partial charge in [-0.2, -0.15) is 5.10 Å². The van der Waals surface area contributed by atoms with Gasteiger partial charge in [-0.05, 0) is 46.7 Å². The lowest BCUT2D eigenvalue weighted by Crippen LogP contribution is -2.35. The summed E-state index contributed by atoms with van der Waals surface area (Å²) in [6.45, 7) is 5.57. The Balaban J connectivity index is 2.16. The fourth-order valence-electron chi connectivity index (χ4n) is 2.26. The van der Waals surface area contributed by atoms with E-state index in [1.165, 1.54) is 17.5 Å². The smallest absolute Gasteiger partial charge is 0.287 e. The lowest BCUT2D eigenvalue weighted by molar-refractivity contribution is 0.367. The number of anilines is 1. The fourth-order valence-corrected chi connectivity index (χ4v) is 2.45. The average molecular weight is 299 g/mol. The predicted octanol–water partition coefficient (Wildman–Crippen LogP) is 2.06. The number of rotatable bonds is 6. The van der Waals surface area contributed by atoms with Crippen LogP contribution in [0, 0.1) is 5.92 Å². The van der Waals surface area contributed by atoms with E-state index in [0.29, 0.717) is 18.2 Å². The van der Waals surface area contributed by atoms with Crippen LogP contribution < -0.4 is 10.9 Å². The Hall–Kier alpha value is -1.07. The van der Waals surface area contributed by atoms with Gasteiger partial charge in [-0.3, -0.25) is 4.79 Å². The van der Waals surface area contributed by atoms with Crippen LogP contribution in [0.4, 0.5) is 5.69 Å². The lowest BCUT2D eigenvalue weighted by atomic mass is 9.98. The molecule has 1 aliphatic carbocycles. The fraction of sp³-hybridized carbons (Fsp3) is 0.714. The van der Waals surface area contributed by atoms with Gasteiger partial charge in [0.2, 0.25) is 0 Å². The van der Waals surface area contributed by atoms with Crippen LogP contribution in [0.15, 0.2) is 11.0 Å². The van der Waals surface area contributed by atoms with Crippen molar-refractivity contribution in [3.8, 4) is 0 Å². The van der Waals surface area contributed by atoms with E-state index >= 15 is 0 Å². The van der Waals surface area contributed by atoms with Gasteiger partial charge < -0.3 is 10.2 Å². The van der Waals surface area contributed by atoms with Crippen molar-refractivity contribution in [3.63, 3.8) is 0 Å². The number of nitrogens with zero attached hydrogens (tertiary/aromatic N) is 3. The summed E-state index contributed by atoms with van der Waals surface area (Å²) in [4.78, 5) is 14.2. The third-order valence-corrected chi connectivity index (χ3v) is 4.16. The Bertz CT molecular complexity index is 534. The summed E-state index contributed by atoms with van der Waals surface area (Å²) >= 11 is 6.20. The molecule has 0 saturated heterocycles. The highest BCUT2D eigenvalue weighted by Crippen LogP contribution is 2.41. The highest BCUT2D eigenvalue weighted by atomic mass is 35.5. The van der Waals surface area contributed by atoms with Gasteiger partial charge in [-0.1, -0.05) is 11.6 Å². The Morgan fingerprint density at radius 3 is 2.70 bits per heavy atom. The minimum absolute atomic E-state index is 0.0480. The van der Waals surface area contributed by atoms with Gasteiger partial charge in [0.15, 0.2) is 0 Å². The maximum atomic E-state index is 12.2. The molecule has 6 heteroatoms. The van der Waals surface area contributed by atoms with Crippen molar-refractivity contribution in [2.75, 3.05) is 26.0 Å². The van der Waals surface area contributed by atoms with E-state index in [2.05, 4.69) is 24.3 Å². The Morgan fingerprint density at radius 2 is 2.15 bits per heavy atom. The molecule has 112 valence electrons. The van der Waals surface area contributed by atoms with Crippen LogP contribution in [0.5, 0.6) is 0 Å². The van der Waals surface area contributed by atoms with E-state index in [0.717, 1.165) is 6.54 Å². The first-order valence-corrected chi connectivity index (χ1v) is 7.37. The van der Waals surface area contributed by atoms with Gasteiger partial charge in [0.05, 0.1) is 18.4 Å². The molecule has 0 radical (unpaired) electrons. The molecule has 1 saturated carbocycles. The van der Waals surface area contributed by atoms with Crippen molar-refractivity contribution in [1.29, 1.82) is 0 Å². The van der Waals surface area contributed by atoms with Crippen LogP contribution in [0.3, 0.4) is 0 Å². The van der Waals surface area contributed by atoms with Crippen molar-refractivity contribution >= 4 is 17.3 Å². The molecule has 1 aliphatic rings. The number of aromatic nitrogens is 2. The molecular formula is C14H23ClN4O. The minimum atomic E-state index is -0.231. The average Bonchev–Trinajstić information content (AvgIpc) is 3.18. The monoisotopic (exact) mass is 298 g/mol. The van der Waals surface area contributed by atoms with Crippen molar-refractivity contribution in [1.82, 2.24) is 14.7 Å². The lowest BCUT2D eigenvalue weighted by Gasteiger charge is -2.27. The molecule has 1 fully saturated rings. The molecular weight excluding hydrogens is 276 g/mol. The zero-order chi connectivity index (χ0) is 14.9. The maximum Gasteiger partial charge on any atom is 0.287 e. The second-order valence-electron chi connectivity index (χ2n) is 6.32. The number of hydrogen-bond acceptors (Lipinski definition) is 4. The van der Waals surface area contributed by atoms with E-state index in [1.54, 1.807) is 6.20 Å². The second-order valence-corrected chi connectivity index (χ2v) is 6.70. The van der Waals surface area contributed by atoms with E-state index < -0.39 is 0 Å². The number of likely N-dealkylation sites (N-methyl/N-ethyl adjacent to an activating group) is 1. The summed E-state index contributed by atoms with van der Waals surface area (Å²) in [5.74, 6) is 0.648. The predicted molar refractivity (Wildman–Crippen MR) is 82.5 cm³/mol. The van der Waals surface area contributed by atoms with Crippen LogP contribution in [0.1, 0.15) is 26.7 Å². The van der Waals surface area contributed by atoms with Crippen LogP contribution in [0.25, 0.3) is 0 Å². The first-order chi connectivity index (χ1) is 9.31. The van der Waals surface area contributed by atoms with Gasteiger partial charge in [0.1, 0.15) is 5.02 Å². The molecule has 1 N–H and O–H groups in total. The van der Waals surface area contributed by atoms with E-state index in [9.17, 15) is 4.79 Å². The van der Waals surface area contributed by atoms with E-state index in [4.69, 9.17) is 11.6 Å². The number of nitrogens with one attached hydrogen (secondary N) is 1. The molecule has 1 aromatic heterocycles. The SMILES string of the molecule is CN(C)CCn1ncc(NC(C)(C)C2CC2)c(Cl)c1=O. The summed E-state index contributed by atoms with van der Waals surface area (Å²) in [5.41, 5.74) is 0.355. The topological polar surface area (TPSA) is 50.2 Å². The molecule has 2 rings (SSSR count). The summed E-state index contributed by atoms with van der Waals surface area (Å²) in [7, 11) is 3.92. The van der Waals surface area contributed by atoms with Crippen molar-refractivity contribution in [2.45, 2.75) is 38.8 Å².